The number of hydrogen-bond donors (Lipinski definition) is 2. The van der Waals surface area contributed by atoms with Gasteiger partial charge in [-0.25, -0.2) is 14.2 Å². The molecule has 21 heavy (non-hydrogen) atoms. The van der Waals surface area contributed by atoms with Gasteiger partial charge in [0.05, 0.1) is 6.20 Å². The number of carbonyl (C=O) groups excluding carboxylic acids is 1. The van der Waals surface area contributed by atoms with Gasteiger partial charge in [-0.3, -0.25) is 4.79 Å². The highest BCUT2D eigenvalue weighted by Crippen LogP contribution is 2.17. The van der Waals surface area contributed by atoms with Crippen LogP contribution in [0.4, 0.5) is 10.1 Å². The molecule has 0 bridgehead atoms. The summed E-state index contributed by atoms with van der Waals surface area (Å²) < 4.78 is 17.7. The number of hydrogen-bond acceptors (Lipinski definition) is 4. The maximum Gasteiger partial charge on any atom is 0.341 e. The fraction of sp³-hybridized carbons (Fsp3) is 0.0714. The first-order chi connectivity index (χ1) is 10.0. The second kappa shape index (κ2) is 6.47. The Bertz CT molecular complexity index is 658. The van der Waals surface area contributed by atoms with Crippen LogP contribution in [-0.4, -0.2) is 28.6 Å². The smallest absolute Gasteiger partial charge is 0.341 e. The third-order valence-electron chi connectivity index (χ3n) is 2.41. The third-order valence-corrected chi connectivity index (χ3v) is 2.41. The average Bonchev–Trinajstić information content (AvgIpc) is 2.46. The maximum absolute atomic E-state index is 12.7. The van der Waals surface area contributed by atoms with Crippen molar-refractivity contribution in [2.75, 3.05) is 11.9 Å². The Morgan fingerprint density at radius 2 is 2.10 bits per heavy atom. The molecule has 6 nitrogen and oxygen atoms in total. The number of ether oxygens (including phenoxy) is 1. The Morgan fingerprint density at radius 1 is 1.29 bits per heavy atom. The first-order valence-electron chi connectivity index (χ1n) is 5.92. The Labute approximate surface area is 119 Å². The van der Waals surface area contributed by atoms with Crippen LogP contribution in [0.5, 0.6) is 5.75 Å². The van der Waals surface area contributed by atoms with Crippen LogP contribution >= 0.6 is 0 Å². The van der Waals surface area contributed by atoms with E-state index in [2.05, 4.69) is 10.3 Å². The van der Waals surface area contributed by atoms with E-state index in [0.717, 1.165) is 12.3 Å². The van der Waals surface area contributed by atoms with Gasteiger partial charge >= 0.3 is 5.97 Å². The molecule has 1 aromatic heterocycles. The van der Waals surface area contributed by atoms with Crippen molar-refractivity contribution in [1.29, 1.82) is 0 Å². The molecular formula is C14H11FN2O4. The number of rotatable bonds is 5. The van der Waals surface area contributed by atoms with E-state index in [1.807, 2.05) is 0 Å². The SMILES string of the molecule is O=C(O)COc1cccc(NC(=O)c2ccc(F)cn2)c1. The highest BCUT2D eigenvalue weighted by atomic mass is 19.1. The second-order valence-electron chi connectivity index (χ2n) is 4.03. The number of aliphatic carboxylic acids is 1. The summed E-state index contributed by atoms with van der Waals surface area (Å²) in [6, 6.07) is 8.64. The summed E-state index contributed by atoms with van der Waals surface area (Å²) in [4.78, 5) is 25.9. The minimum absolute atomic E-state index is 0.0632. The highest BCUT2D eigenvalue weighted by molar-refractivity contribution is 6.02. The van der Waals surface area contributed by atoms with Gasteiger partial charge in [0.1, 0.15) is 17.3 Å². The van der Waals surface area contributed by atoms with E-state index in [9.17, 15) is 14.0 Å². The molecule has 0 unspecified atom stereocenters. The molecule has 2 N–H and O–H groups in total. The van der Waals surface area contributed by atoms with Gasteiger partial charge in [-0.05, 0) is 24.3 Å². The number of nitrogens with zero attached hydrogens (tertiary/aromatic N) is 1. The lowest BCUT2D eigenvalue weighted by Gasteiger charge is -2.07. The van der Waals surface area contributed by atoms with Crippen molar-refractivity contribution >= 4 is 17.6 Å². The van der Waals surface area contributed by atoms with Crippen molar-refractivity contribution in [3.63, 3.8) is 0 Å². The van der Waals surface area contributed by atoms with Crippen LogP contribution in [0, 0.1) is 5.82 Å². The van der Waals surface area contributed by atoms with E-state index in [1.165, 1.54) is 12.1 Å². The zero-order valence-electron chi connectivity index (χ0n) is 10.7. The normalized spacial score (nSPS) is 9.95. The van der Waals surface area contributed by atoms with Gasteiger partial charge < -0.3 is 15.2 Å². The lowest BCUT2D eigenvalue weighted by molar-refractivity contribution is -0.139. The van der Waals surface area contributed by atoms with Gasteiger partial charge in [0.25, 0.3) is 5.91 Å². The molecule has 1 amide bonds. The number of carboxylic acid groups (broad SMARTS) is 1. The largest absolute Gasteiger partial charge is 0.482 e. The van der Waals surface area contributed by atoms with Crippen LogP contribution in [0.25, 0.3) is 0 Å². The fourth-order valence-electron chi connectivity index (χ4n) is 1.51. The van der Waals surface area contributed by atoms with Crippen LogP contribution in [0.3, 0.4) is 0 Å². The van der Waals surface area contributed by atoms with E-state index in [0.29, 0.717) is 11.4 Å². The van der Waals surface area contributed by atoms with Crippen molar-refractivity contribution in [3.05, 3.63) is 54.1 Å². The lowest BCUT2D eigenvalue weighted by atomic mass is 10.2. The van der Waals surface area contributed by atoms with E-state index >= 15 is 0 Å². The topological polar surface area (TPSA) is 88.5 Å². The van der Waals surface area contributed by atoms with Crippen LogP contribution in [-0.2, 0) is 4.79 Å². The minimum Gasteiger partial charge on any atom is -0.482 e. The Hall–Kier alpha value is -2.96. The van der Waals surface area contributed by atoms with Gasteiger partial charge in [0, 0.05) is 11.8 Å². The first-order valence-corrected chi connectivity index (χ1v) is 5.92. The van der Waals surface area contributed by atoms with Crippen LogP contribution in [0.2, 0.25) is 0 Å². The lowest BCUT2D eigenvalue weighted by Crippen LogP contribution is -2.14. The number of aromatic nitrogens is 1. The number of amides is 1. The molecule has 2 aromatic rings. The molecule has 0 saturated carbocycles. The van der Waals surface area contributed by atoms with E-state index in [4.69, 9.17) is 9.84 Å². The highest BCUT2D eigenvalue weighted by Gasteiger charge is 2.08. The fourth-order valence-corrected chi connectivity index (χ4v) is 1.51. The minimum atomic E-state index is -1.10. The Morgan fingerprint density at radius 3 is 2.76 bits per heavy atom. The molecule has 0 fully saturated rings. The predicted molar refractivity (Wildman–Crippen MR) is 71.7 cm³/mol. The standard InChI is InChI=1S/C14H11FN2O4/c15-9-4-5-12(16-7-9)14(20)17-10-2-1-3-11(6-10)21-8-13(18)19/h1-7H,8H2,(H,17,20)(H,18,19). The summed E-state index contributed by atoms with van der Waals surface area (Å²) in [6.45, 7) is -0.475. The molecule has 0 atom stereocenters. The molecule has 0 saturated heterocycles. The summed E-state index contributed by atoms with van der Waals surface area (Å²) in [5.74, 6) is -1.83. The van der Waals surface area contributed by atoms with E-state index in [1.54, 1.807) is 18.2 Å². The number of halogens is 1. The van der Waals surface area contributed by atoms with Gasteiger partial charge in [0.15, 0.2) is 6.61 Å². The molecule has 0 aliphatic heterocycles. The average molecular weight is 290 g/mol. The molecule has 0 aliphatic carbocycles. The van der Waals surface area contributed by atoms with Gasteiger partial charge in [0.2, 0.25) is 0 Å². The number of pyridine rings is 1. The summed E-state index contributed by atoms with van der Waals surface area (Å²) in [5.41, 5.74) is 0.474. The van der Waals surface area contributed by atoms with Crippen molar-refractivity contribution in [1.82, 2.24) is 4.98 Å². The summed E-state index contributed by atoms with van der Waals surface area (Å²) in [5, 5.41) is 11.1. The van der Waals surface area contributed by atoms with Crippen molar-refractivity contribution in [2.24, 2.45) is 0 Å². The van der Waals surface area contributed by atoms with Crippen molar-refractivity contribution in [3.8, 4) is 5.75 Å². The Balaban J connectivity index is 2.05. The van der Waals surface area contributed by atoms with Crippen molar-refractivity contribution < 1.29 is 23.8 Å². The molecule has 2 rings (SSSR count). The molecule has 0 aliphatic rings. The monoisotopic (exact) mass is 290 g/mol. The number of nitrogens with one attached hydrogen (secondary N) is 1. The van der Waals surface area contributed by atoms with Crippen LogP contribution in [0.15, 0.2) is 42.6 Å². The van der Waals surface area contributed by atoms with E-state index in [-0.39, 0.29) is 5.69 Å². The van der Waals surface area contributed by atoms with Crippen LogP contribution in [0.1, 0.15) is 10.5 Å². The van der Waals surface area contributed by atoms with Crippen LogP contribution < -0.4 is 10.1 Å². The number of carboxylic acids is 1. The zero-order valence-corrected chi connectivity index (χ0v) is 10.7. The molecule has 0 radical (unpaired) electrons. The molecule has 0 spiro atoms. The maximum atomic E-state index is 12.7. The van der Waals surface area contributed by atoms with Crippen molar-refractivity contribution in [2.45, 2.75) is 0 Å². The number of carbonyl (C=O) groups is 2. The van der Waals surface area contributed by atoms with E-state index < -0.39 is 24.3 Å². The molecule has 108 valence electrons. The number of benzene rings is 1. The number of anilines is 1. The van der Waals surface area contributed by atoms with Gasteiger partial charge in [-0.2, -0.15) is 0 Å². The third kappa shape index (κ3) is 4.27. The molecule has 1 heterocycles. The first kappa shape index (κ1) is 14.4. The molecular weight excluding hydrogens is 279 g/mol. The molecule has 7 heteroatoms. The molecule has 1 aromatic carbocycles. The zero-order chi connectivity index (χ0) is 15.2. The quantitative estimate of drug-likeness (QED) is 0.878. The van der Waals surface area contributed by atoms with Gasteiger partial charge in [-0.15, -0.1) is 0 Å². The Kier molecular flexibility index (Phi) is 4.45. The summed E-state index contributed by atoms with van der Waals surface area (Å²) in [7, 11) is 0. The predicted octanol–water partition coefficient (Wildman–Crippen LogP) is 1.94. The second-order valence-corrected chi connectivity index (χ2v) is 4.03. The summed E-state index contributed by atoms with van der Waals surface area (Å²) in [6.07, 6.45) is 0.946. The summed E-state index contributed by atoms with van der Waals surface area (Å²) >= 11 is 0. The van der Waals surface area contributed by atoms with Gasteiger partial charge in [-0.1, -0.05) is 6.07 Å².